The van der Waals surface area contributed by atoms with Gasteiger partial charge < -0.3 is 112 Å². The lowest BCUT2D eigenvalue weighted by Crippen LogP contribution is -2.62. The first-order valence-corrected chi connectivity index (χ1v) is 41.6. The van der Waals surface area contributed by atoms with Crippen molar-refractivity contribution in [1.29, 1.82) is 0 Å². The Morgan fingerprint density at radius 3 is 1.59 bits per heavy atom. The fourth-order valence-corrected chi connectivity index (χ4v) is 13.2. The molecule has 13 atom stereocenters. The van der Waals surface area contributed by atoms with Crippen LogP contribution in [0.15, 0.2) is 78.9 Å². The number of hydrogen-bond donors (Lipinski definition) is 21. The second kappa shape index (κ2) is 50.1. The standard InChI is InChI=1S/C79H117N17O23S/c1-42(2)64-78(116)92-59(40-48-22-26-50(100)27-23-48)75(113)87-54(28-31-61(81)101)70(108)85-51(69(107)93-60(41-97)76(114)90-57(67(82)105)38-47-20-24-49(99)25-21-47)19-13-15-36-83-62(102)32-29-55(73(111)94-64)86-71(109)56(34-37-120(8,118)119)88-74(112)58(39-46-16-10-9-11-17-46)91-68(106)52(18-12-14-35-80)89-77(115)65(43(3)4)96-79(117)66(44(5)6)95-72(110)53(84-45(7)98)30-33-63(103)104/h9-11,16-17,20-27,42-44,51-60,64-66,97,99-100H,12-15,18-19,28-41,80H2,1-8H3,(H2,81,101)(H2,82,105)(H,83,102)(H,84,98)(H,85,108)(H,86,109)(H,87,113)(H,88,112)(H,89,115)(H,90,114)(H,91,106)(H,92,116)(H,93,107)(H,94,111)(H,95,110)(H,96,117)(H,103,104)/t51-,52-,53-,54-,55-,56-,57-,58-,59-,60-,64-,65-,66-/m0/s1. The maximum atomic E-state index is 15.0. The van der Waals surface area contributed by atoms with Gasteiger partial charge in [-0.15, -0.1) is 0 Å². The number of aliphatic carboxylic acids is 1. The van der Waals surface area contributed by atoms with Crippen LogP contribution in [0, 0.1) is 17.8 Å². The minimum absolute atomic E-state index is 0.0272. The third kappa shape index (κ3) is 36.1. The number of benzene rings is 3. The van der Waals surface area contributed by atoms with E-state index >= 15 is 9.59 Å². The van der Waals surface area contributed by atoms with Gasteiger partial charge in [0, 0.05) is 58.2 Å². The van der Waals surface area contributed by atoms with Crippen molar-refractivity contribution in [2.45, 2.75) is 230 Å². The van der Waals surface area contributed by atoms with Gasteiger partial charge >= 0.3 is 5.97 Å². The van der Waals surface area contributed by atoms with E-state index in [0.29, 0.717) is 23.1 Å². The van der Waals surface area contributed by atoms with Gasteiger partial charge in [0.25, 0.3) is 0 Å². The highest BCUT2D eigenvalue weighted by atomic mass is 32.2. The van der Waals surface area contributed by atoms with Crippen LogP contribution < -0.4 is 91.6 Å². The first-order chi connectivity index (χ1) is 56.5. The predicted molar refractivity (Wildman–Crippen MR) is 434 cm³/mol. The first kappa shape index (κ1) is 100. The fourth-order valence-electron chi connectivity index (χ4n) is 12.5. The number of amides is 16. The molecular weight excluding hydrogens is 1590 g/mol. The zero-order chi connectivity index (χ0) is 89.7. The first-order valence-electron chi connectivity index (χ1n) is 39.6. The number of carboxylic acids is 1. The summed E-state index contributed by atoms with van der Waals surface area (Å²) in [5.74, 6) is -20.5. The number of carbonyl (C=O) groups excluding carboxylic acids is 16. The molecule has 0 aliphatic carbocycles. The Morgan fingerprint density at radius 1 is 0.525 bits per heavy atom. The second-order valence-electron chi connectivity index (χ2n) is 30.5. The number of phenolic OH excluding ortho intramolecular Hbond substituents is 2. The van der Waals surface area contributed by atoms with Gasteiger partial charge in [-0.05, 0) is 129 Å². The van der Waals surface area contributed by atoms with E-state index < -0.39 is 264 Å². The summed E-state index contributed by atoms with van der Waals surface area (Å²) in [5.41, 5.74) is 18.2. The largest absolute Gasteiger partial charge is 0.508 e. The van der Waals surface area contributed by atoms with Gasteiger partial charge in [0.15, 0.2) is 0 Å². The number of unbranched alkanes of at least 4 members (excludes halogenated alkanes) is 1. The molecule has 1 fully saturated rings. The SMILES string of the molecule is CC(=O)N[C@@H](CCC(=O)O)C(=O)N[C@H](C(=O)N[C@H](C(=O)N[C@@H](CCCCN)C(=O)N[C@@H](Cc1ccccc1)C(=O)N[C@@H](CCS(C)(=O)=O)C(=O)N[C@H]1CCC(=O)NCCCC[C@@H](C(=O)N[C@@H](CO)C(=O)N[C@@H](Cc2ccc(O)cc2)C(N)=O)NC(=O)[C@H](CCC(N)=O)NC(=O)[C@H](Cc2ccc(O)cc2)NC(=O)[C@H](C(C)C)NC1=O)C(C)C)C(C)C. The molecule has 0 radical (unpaired) electrons. The van der Waals surface area contributed by atoms with Gasteiger partial charge in [-0.2, -0.15) is 0 Å². The number of aliphatic hydroxyl groups excluding tert-OH is 1. The van der Waals surface area contributed by atoms with Crippen LogP contribution in [-0.2, 0) is 111 Å². The van der Waals surface area contributed by atoms with Gasteiger partial charge in [-0.1, -0.05) is 96.1 Å². The Hall–Kier alpha value is -11.9. The normalized spacial score (nSPS) is 18.6. The smallest absolute Gasteiger partial charge is 0.303 e. The molecule has 41 heteroatoms. The molecule has 0 spiro atoms. The molecule has 1 aliphatic rings. The second-order valence-corrected chi connectivity index (χ2v) is 32.8. The Morgan fingerprint density at radius 2 is 1.03 bits per heavy atom. The summed E-state index contributed by atoms with van der Waals surface area (Å²) in [7, 11) is -4.00. The summed E-state index contributed by atoms with van der Waals surface area (Å²) < 4.78 is 26.0. The summed E-state index contributed by atoms with van der Waals surface area (Å²) in [6, 6.07) is -1.91. The van der Waals surface area contributed by atoms with Crippen molar-refractivity contribution in [2.75, 3.05) is 31.7 Å². The number of rotatable bonds is 41. The van der Waals surface area contributed by atoms with Gasteiger partial charge in [0.2, 0.25) is 94.5 Å². The van der Waals surface area contributed by atoms with Crippen LogP contribution in [0.4, 0.5) is 0 Å². The van der Waals surface area contributed by atoms with Crippen LogP contribution >= 0.6 is 0 Å². The zero-order valence-electron chi connectivity index (χ0n) is 68.6. The fraction of sp³-hybridized carbons (Fsp3) is 0.557. The van der Waals surface area contributed by atoms with Crippen molar-refractivity contribution in [1.82, 2.24) is 74.4 Å². The summed E-state index contributed by atoms with van der Waals surface area (Å²) in [5, 5.41) is 75.1. The maximum Gasteiger partial charge on any atom is 0.303 e. The summed E-state index contributed by atoms with van der Waals surface area (Å²) in [6.07, 6.45) is -3.67. The highest BCUT2D eigenvalue weighted by Gasteiger charge is 2.40. The van der Waals surface area contributed by atoms with E-state index in [0.717, 1.165) is 13.2 Å². The molecule has 120 heavy (non-hydrogen) atoms. The molecule has 0 unspecified atom stereocenters. The third-order valence-electron chi connectivity index (χ3n) is 19.3. The van der Waals surface area contributed by atoms with Crippen LogP contribution in [0.2, 0.25) is 0 Å². The number of nitrogens with two attached hydrogens (primary N) is 3. The molecule has 0 saturated carbocycles. The Balaban J connectivity index is 1.76. The maximum absolute atomic E-state index is 15.0. The lowest BCUT2D eigenvalue weighted by Gasteiger charge is -2.30. The van der Waals surface area contributed by atoms with E-state index in [1.54, 1.807) is 58.0 Å². The number of carboxylic acid groups (broad SMARTS) is 1. The lowest BCUT2D eigenvalue weighted by atomic mass is 9.98. The predicted octanol–water partition coefficient (Wildman–Crippen LogP) is -4.33. The number of hydrogen-bond acceptors (Lipinski definition) is 23. The van der Waals surface area contributed by atoms with E-state index in [-0.39, 0.29) is 76.0 Å². The molecule has 3 aromatic carbocycles. The topological polar surface area (TPSA) is 652 Å². The number of aromatic hydroxyl groups is 2. The van der Waals surface area contributed by atoms with E-state index in [2.05, 4.69) is 74.4 Å². The number of aliphatic hydroxyl groups is 1. The molecule has 24 N–H and O–H groups in total. The average molecular weight is 1700 g/mol. The van der Waals surface area contributed by atoms with Crippen LogP contribution in [0.5, 0.6) is 11.5 Å². The van der Waals surface area contributed by atoms with Crippen LogP contribution in [0.25, 0.3) is 0 Å². The van der Waals surface area contributed by atoms with Gasteiger partial charge in [-0.25, -0.2) is 8.42 Å². The molecule has 3 aromatic rings. The highest BCUT2D eigenvalue weighted by Crippen LogP contribution is 2.18. The highest BCUT2D eigenvalue weighted by molar-refractivity contribution is 7.90. The Kier molecular flexibility index (Phi) is 42.0. The summed E-state index contributed by atoms with van der Waals surface area (Å²) in [6.45, 7) is 9.32. The average Bonchev–Trinajstić information content (AvgIpc) is 1.51. The zero-order valence-corrected chi connectivity index (χ0v) is 69.4. The molecule has 0 bridgehead atoms. The van der Waals surface area contributed by atoms with Crippen molar-refractivity contribution in [3.8, 4) is 11.5 Å². The quantitative estimate of drug-likeness (QED) is 0.0239. The molecule has 4 rings (SSSR count). The number of nitrogens with one attached hydrogen (secondary N) is 14. The number of primary amides is 2. The van der Waals surface area contributed by atoms with E-state index in [9.17, 15) is 101 Å². The molecule has 40 nitrogen and oxygen atoms in total. The minimum Gasteiger partial charge on any atom is -0.508 e. The molecule has 1 aliphatic heterocycles. The molecular formula is C79H117N17O23S. The molecule has 0 aromatic heterocycles. The van der Waals surface area contributed by atoms with Crippen LogP contribution in [0.1, 0.15) is 149 Å². The van der Waals surface area contributed by atoms with Crippen molar-refractivity contribution < 1.29 is 110 Å². The summed E-state index contributed by atoms with van der Waals surface area (Å²) >= 11 is 0. The van der Waals surface area contributed by atoms with E-state index in [1.807, 2.05) is 0 Å². The van der Waals surface area contributed by atoms with Crippen molar-refractivity contribution in [3.63, 3.8) is 0 Å². The van der Waals surface area contributed by atoms with E-state index in [1.165, 1.54) is 62.4 Å². The van der Waals surface area contributed by atoms with Gasteiger partial charge in [-0.3, -0.25) is 81.5 Å². The lowest BCUT2D eigenvalue weighted by molar-refractivity contribution is -0.138. The molecule has 1 saturated heterocycles. The summed E-state index contributed by atoms with van der Waals surface area (Å²) in [4.78, 5) is 236. The minimum atomic E-state index is -4.00. The van der Waals surface area contributed by atoms with Crippen molar-refractivity contribution >= 4 is 110 Å². The van der Waals surface area contributed by atoms with Gasteiger partial charge in [0.1, 0.15) is 99.9 Å². The van der Waals surface area contributed by atoms with Gasteiger partial charge in [0.05, 0.1) is 12.4 Å². The molecule has 662 valence electrons. The van der Waals surface area contributed by atoms with E-state index in [4.69, 9.17) is 17.2 Å². The number of carbonyl (C=O) groups is 17. The van der Waals surface area contributed by atoms with Crippen LogP contribution in [-0.4, -0.2) is 240 Å². The number of phenols is 2. The van der Waals surface area contributed by atoms with Crippen molar-refractivity contribution in [2.24, 2.45) is 35.0 Å². The van der Waals surface area contributed by atoms with Crippen molar-refractivity contribution in [3.05, 3.63) is 95.6 Å². The third-order valence-corrected chi connectivity index (χ3v) is 20.3. The molecule has 1 heterocycles. The molecule has 16 amide bonds. The number of sulfone groups is 1. The monoisotopic (exact) mass is 1700 g/mol. The Labute approximate surface area is 695 Å². The van der Waals surface area contributed by atoms with Crippen LogP contribution in [0.3, 0.4) is 0 Å². The Bertz CT molecular complexity index is 4160.